The smallest absolute Gasteiger partial charge is 0.257 e. The molecule has 2 rings (SSSR count). The molecule has 1 fully saturated rings. The van der Waals surface area contributed by atoms with Crippen molar-refractivity contribution in [3.05, 3.63) is 24.0 Å². The van der Waals surface area contributed by atoms with Crippen LogP contribution in [0.3, 0.4) is 0 Å². The second kappa shape index (κ2) is 4.49. The van der Waals surface area contributed by atoms with Gasteiger partial charge in [0, 0.05) is 31.8 Å². The SMILES string of the molecule is O=C(c1ccncc1O)N1CCC(CO)C1. The molecule has 1 aliphatic rings. The molecule has 1 amide bonds. The van der Waals surface area contributed by atoms with E-state index < -0.39 is 0 Å². The van der Waals surface area contributed by atoms with Gasteiger partial charge in [-0.1, -0.05) is 0 Å². The largest absolute Gasteiger partial charge is 0.505 e. The summed E-state index contributed by atoms with van der Waals surface area (Å²) in [5.41, 5.74) is 0.272. The number of hydrogen-bond donors (Lipinski definition) is 2. The molecule has 1 saturated heterocycles. The van der Waals surface area contributed by atoms with Crippen molar-refractivity contribution in [3.8, 4) is 5.75 Å². The molecule has 1 aromatic rings. The first-order valence-corrected chi connectivity index (χ1v) is 5.25. The van der Waals surface area contributed by atoms with Crippen LogP contribution in [0.2, 0.25) is 0 Å². The number of carbonyl (C=O) groups is 1. The Morgan fingerprint density at radius 2 is 2.44 bits per heavy atom. The summed E-state index contributed by atoms with van der Waals surface area (Å²) in [6, 6.07) is 1.50. The first kappa shape index (κ1) is 10.9. The van der Waals surface area contributed by atoms with Gasteiger partial charge in [-0.15, -0.1) is 0 Å². The number of hydrogen-bond acceptors (Lipinski definition) is 4. The van der Waals surface area contributed by atoms with Gasteiger partial charge in [0.25, 0.3) is 5.91 Å². The number of amides is 1. The number of pyridine rings is 1. The van der Waals surface area contributed by atoms with Crippen LogP contribution in [0.4, 0.5) is 0 Å². The average molecular weight is 222 g/mol. The van der Waals surface area contributed by atoms with Crippen molar-refractivity contribution in [2.45, 2.75) is 6.42 Å². The fourth-order valence-electron chi connectivity index (χ4n) is 1.90. The Hall–Kier alpha value is -1.62. The van der Waals surface area contributed by atoms with E-state index in [1.54, 1.807) is 4.90 Å². The van der Waals surface area contributed by atoms with Crippen LogP contribution < -0.4 is 0 Å². The van der Waals surface area contributed by atoms with Gasteiger partial charge in [-0.3, -0.25) is 9.78 Å². The minimum atomic E-state index is -0.198. The third-order valence-electron chi connectivity index (χ3n) is 2.86. The Kier molecular flexibility index (Phi) is 3.05. The number of carbonyl (C=O) groups excluding carboxylic acids is 1. The van der Waals surface area contributed by atoms with Crippen molar-refractivity contribution in [2.75, 3.05) is 19.7 Å². The van der Waals surface area contributed by atoms with E-state index in [1.165, 1.54) is 18.5 Å². The summed E-state index contributed by atoms with van der Waals surface area (Å²) in [6.07, 6.45) is 3.55. The first-order chi connectivity index (χ1) is 7.72. The summed E-state index contributed by atoms with van der Waals surface area (Å²) in [4.78, 5) is 17.4. The predicted molar refractivity (Wildman–Crippen MR) is 57.0 cm³/mol. The molecule has 5 nitrogen and oxygen atoms in total. The molecule has 5 heteroatoms. The molecular formula is C11H14N2O3. The normalized spacial score (nSPS) is 20.1. The van der Waals surface area contributed by atoms with Crippen molar-refractivity contribution in [2.24, 2.45) is 5.92 Å². The number of aromatic nitrogens is 1. The molecule has 1 aliphatic heterocycles. The van der Waals surface area contributed by atoms with Gasteiger partial charge < -0.3 is 15.1 Å². The molecule has 2 N–H and O–H groups in total. The Morgan fingerprint density at radius 3 is 3.06 bits per heavy atom. The zero-order valence-electron chi connectivity index (χ0n) is 8.83. The lowest BCUT2D eigenvalue weighted by atomic mass is 10.1. The van der Waals surface area contributed by atoms with Crippen molar-refractivity contribution < 1.29 is 15.0 Å². The Morgan fingerprint density at radius 1 is 1.62 bits per heavy atom. The van der Waals surface area contributed by atoms with E-state index in [4.69, 9.17) is 5.11 Å². The molecule has 1 atom stereocenters. The summed E-state index contributed by atoms with van der Waals surface area (Å²) in [7, 11) is 0. The van der Waals surface area contributed by atoms with E-state index >= 15 is 0 Å². The lowest BCUT2D eigenvalue weighted by molar-refractivity contribution is 0.0778. The minimum Gasteiger partial charge on any atom is -0.505 e. The topological polar surface area (TPSA) is 73.7 Å². The molecule has 2 heterocycles. The number of aliphatic hydroxyl groups is 1. The third kappa shape index (κ3) is 1.99. The molecule has 1 aromatic heterocycles. The molecule has 0 bridgehead atoms. The number of likely N-dealkylation sites (tertiary alicyclic amines) is 1. The standard InChI is InChI=1S/C11H14N2O3/c14-7-8-2-4-13(6-8)11(16)9-1-3-12-5-10(9)15/h1,3,5,8,14-15H,2,4,6-7H2. The zero-order valence-corrected chi connectivity index (χ0v) is 8.83. The summed E-state index contributed by atoms with van der Waals surface area (Å²) in [5.74, 6) is -0.135. The molecule has 0 aromatic carbocycles. The van der Waals surface area contributed by atoms with E-state index in [9.17, 15) is 9.90 Å². The van der Waals surface area contributed by atoms with Gasteiger partial charge in [-0.05, 0) is 12.5 Å². The number of rotatable bonds is 2. The zero-order chi connectivity index (χ0) is 11.5. The molecule has 0 spiro atoms. The fourth-order valence-corrected chi connectivity index (χ4v) is 1.90. The second-order valence-electron chi connectivity index (χ2n) is 3.98. The van der Waals surface area contributed by atoms with Crippen molar-refractivity contribution >= 4 is 5.91 Å². The third-order valence-corrected chi connectivity index (χ3v) is 2.86. The highest BCUT2D eigenvalue weighted by Crippen LogP contribution is 2.21. The van der Waals surface area contributed by atoms with Crippen molar-refractivity contribution in [1.29, 1.82) is 0 Å². The van der Waals surface area contributed by atoms with Gasteiger partial charge in [0.15, 0.2) is 0 Å². The predicted octanol–water partition coefficient (Wildman–Crippen LogP) is 0.242. The second-order valence-corrected chi connectivity index (χ2v) is 3.98. The van der Waals surface area contributed by atoms with E-state index in [0.29, 0.717) is 13.1 Å². The number of aromatic hydroxyl groups is 1. The van der Waals surface area contributed by atoms with Crippen LogP contribution >= 0.6 is 0 Å². The Balaban J connectivity index is 2.12. The van der Waals surface area contributed by atoms with Crippen LogP contribution in [-0.2, 0) is 0 Å². The molecule has 1 unspecified atom stereocenters. The number of aliphatic hydroxyl groups excluding tert-OH is 1. The van der Waals surface area contributed by atoms with Gasteiger partial charge in [0.1, 0.15) is 5.75 Å². The van der Waals surface area contributed by atoms with Crippen LogP contribution in [-0.4, -0.2) is 45.7 Å². The van der Waals surface area contributed by atoms with Gasteiger partial charge >= 0.3 is 0 Å². The molecule has 0 radical (unpaired) electrons. The van der Waals surface area contributed by atoms with E-state index in [-0.39, 0.29) is 29.7 Å². The number of nitrogens with zero attached hydrogens (tertiary/aromatic N) is 2. The van der Waals surface area contributed by atoms with E-state index in [1.807, 2.05) is 0 Å². The summed E-state index contributed by atoms with van der Waals surface area (Å²) in [5, 5.41) is 18.5. The summed E-state index contributed by atoms with van der Waals surface area (Å²) in [6.45, 7) is 1.29. The van der Waals surface area contributed by atoms with Gasteiger partial charge in [0.2, 0.25) is 0 Å². The van der Waals surface area contributed by atoms with Crippen LogP contribution in [0, 0.1) is 5.92 Å². The molecular weight excluding hydrogens is 208 g/mol. The maximum atomic E-state index is 12.0. The summed E-state index contributed by atoms with van der Waals surface area (Å²) < 4.78 is 0. The first-order valence-electron chi connectivity index (χ1n) is 5.25. The Labute approximate surface area is 93.3 Å². The average Bonchev–Trinajstić information content (AvgIpc) is 2.77. The monoisotopic (exact) mass is 222 g/mol. The lowest BCUT2D eigenvalue weighted by Crippen LogP contribution is -2.29. The highest BCUT2D eigenvalue weighted by Gasteiger charge is 2.27. The lowest BCUT2D eigenvalue weighted by Gasteiger charge is -2.16. The maximum Gasteiger partial charge on any atom is 0.257 e. The van der Waals surface area contributed by atoms with Gasteiger partial charge in [0.05, 0.1) is 11.8 Å². The summed E-state index contributed by atoms with van der Waals surface area (Å²) >= 11 is 0. The molecule has 16 heavy (non-hydrogen) atoms. The molecule has 0 saturated carbocycles. The Bertz CT molecular complexity index is 395. The highest BCUT2D eigenvalue weighted by atomic mass is 16.3. The maximum absolute atomic E-state index is 12.0. The minimum absolute atomic E-state index is 0.0973. The van der Waals surface area contributed by atoms with Gasteiger partial charge in [-0.25, -0.2) is 0 Å². The van der Waals surface area contributed by atoms with Crippen LogP contribution in [0.5, 0.6) is 5.75 Å². The molecule has 0 aliphatic carbocycles. The van der Waals surface area contributed by atoms with Gasteiger partial charge in [-0.2, -0.15) is 0 Å². The van der Waals surface area contributed by atoms with E-state index in [2.05, 4.69) is 4.98 Å². The molecule has 86 valence electrons. The fraction of sp³-hybridized carbons (Fsp3) is 0.455. The van der Waals surface area contributed by atoms with Crippen LogP contribution in [0.1, 0.15) is 16.8 Å². The highest BCUT2D eigenvalue weighted by molar-refractivity contribution is 5.96. The quantitative estimate of drug-likeness (QED) is 0.751. The van der Waals surface area contributed by atoms with Crippen LogP contribution in [0.25, 0.3) is 0 Å². The van der Waals surface area contributed by atoms with Crippen molar-refractivity contribution in [3.63, 3.8) is 0 Å². The van der Waals surface area contributed by atoms with Crippen LogP contribution in [0.15, 0.2) is 18.5 Å². The van der Waals surface area contributed by atoms with Crippen molar-refractivity contribution in [1.82, 2.24) is 9.88 Å². The van der Waals surface area contributed by atoms with E-state index in [0.717, 1.165) is 6.42 Å².